The first-order valence-electron chi connectivity index (χ1n) is 4.38. The van der Waals surface area contributed by atoms with Gasteiger partial charge in [-0.2, -0.15) is 0 Å². The standard InChI is InChI=1S/C10H12BrNO2/c1-2-3-9(12-14)8-6-7(11)4-5-10(8)13/h4-6,13-14H,2-3H2,1H3/b12-9-. The summed E-state index contributed by atoms with van der Waals surface area (Å²) in [5, 5.41) is 21.5. The lowest BCUT2D eigenvalue weighted by Gasteiger charge is -2.05. The lowest BCUT2D eigenvalue weighted by molar-refractivity contribution is 0.317. The summed E-state index contributed by atoms with van der Waals surface area (Å²) in [4.78, 5) is 0. The zero-order chi connectivity index (χ0) is 10.6. The summed E-state index contributed by atoms with van der Waals surface area (Å²) in [6, 6.07) is 5.04. The molecule has 0 bridgehead atoms. The lowest BCUT2D eigenvalue weighted by atomic mass is 10.1. The predicted molar refractivity (Wildman–Crippen MR) is 59.0 cm³/mol. The maximum Gasteiger partial charge on any atom is 0.124 e. The van der Waals surface area contributed by atoms with Gasteiger partial charge >= 0.3 is 0 Å². The van der Waals surface area contributed by atoms with Crippen molar-refractivity contribution in [1.29, 1.82) is 0 Å². The number of rotatable bonds is 3. The molecule has 1 aromatic carbocycles. The van der Waals surface area contributed by atoms with E-state index in [0.29, 0.717) is 17.7 Å². The fraction of sp³-hybridized carbons (Fsp3) is 0.300. The molecule has 0 amide bonds. The highest BCUT2D eigenvalue weighted by atomic mass is 79.9. The van der Waals surface area contributed by atoms with E-state index in [2.05, 4.69) is 21.1 Å². The number of hydrogen-bond donors (Lipinski definition) is 2. The summed E-state index contributed by atoms with van der Waals surface area (Å²) in [6.07, 6.45) is 1.51. The van der Waals surface area contributed by atoms with Crippen LogP contribution in [0.4, 0.5) is 0 Å². The van der Waals surface area contributed by atoms with Crippen LogP contribution in [-0.4, -0.2) is 16.0 Å². The van der Waals surface area contributed by atoms with Gasteiger partial charge in [0.05, 0.1) is 5.71 Å². The van der Waals surface area contributed by atoms with Gasteiger partial charge in [0.1, 0.15) is 5.75 Å². The second-order valence-electron chi connectivity index (χ2n) is 2.96. The lowest BCUT2D eigenvalue weighted by Crippen LogP contribution is -2.00. The fourth-order valence-corrected chi connectivity index (χ4v) is 1.58. The van der Waals surface area contributed by atoms with Crippen LogP contribution in [0.2, 0.25) is 0 Å². The van der Waals surface area contributed by atoms with Crippen molar-refractivity contribution >= 4 is 21.6 Å². The van der Waals surface area contributed by atoms with Gasteiger partial charge in [0.2, 0.25) is 0 Å². The van der Waals surface area contributed by atoms with E-state index in [1.54, 1.807) is 18.2 Å². The van der Waals surface area contributed by atoms with Crippen molar-refractivity contribution in [2.24, 2.45) is 5.16 Å². The highest BCUT2D eigenvalue weighted by molar-refractivity contribution is 9.10. The Morgan fingerprint density at radius 1 is 1.50 bits per heavy atom. The summed E-state index contributed by atoms with van der Waals surface area (Å²) in [5.74, 6) is 0.134. The Morgan fingerprint density at radius 3 is 2.79 bits per heavy atom. The maximum atomic E-state index is 9.55. The molecule has 0 aliphatic rings. The molecule has 4 heteroatoms. The molecule has 3 nitrogen and oxygen atoms in total. The van der Waals surface area contributed by atoms with Crippen molar-refractivity contribution < 1.29 is 10.3 Å². The van der Waals surface area contributed by atoms with Gasteiger partial charge in [-0.15, -0.1) is 0 Å². The van der Waals surface area contributed by atoms with E-state index in [0.717, 1.165) is 10.9 Å². The van der Waals surface area contributed by atoms with Gasteiger partial charge < -0.3 is 10.3 Å². The van der Waals surface area contributed by atoms with E-state index in [4.69, 9.17) is 5.21 Å². The van der Waals surface area contributed by atoms with E-state index in [1.165, 1.54) is 0 Å². The molecule has 14 heavy (non-hydrogen) atoms. The largest absolute Gasteiger partial charge is 0.507 e. The van der Waals surface area contributed by atoms with Crippen molar-refractivity contribution in [3.05, 3.63) is 28.2 Å². The molecule has 0 aliphatic carbocycles. The minimum Gasteiger partial charge on any atom is -0.507 e. The van der Waals surface area contributed by atoms with Crippen LogP contribution in [0.5, 0.6) is 5.75 Å². The van der Waals surface area contributed by atoms with E-state index in [1.807, 2.05) is 6.92 Å². The first kappa shape index (κ1) is 11.0. The van der Waals surface area contributed by atoms with Crippen LogP contribution in [0.25, 0.3) is 0 Å². The highest BCUT2D eigenvalue weighted by Crippen LogP contribution is 2.23. The van der Waals surface area contributed by atoms with Crippen LogP contribution in [0.3, 0.4) is 0 Å². The minimum absolute atomic E-state index is 0.134. The summed E-state index contributed by atoms with van der Waals surface area (Å²) in [5.41, 5.74) is 1.08. The van der Waals surface area contributed by atoms with E-state index < -0.39 is 0 Å². The number of phenols is 1. The third-order valence-electron chi connectivity index (χ3n) is 1.88. The number of oxime groups is 1. The number of halogens is 1. The van der Waals surface area contributed by atoms with Crippen molar-refractivity contribution in [3.8, 4) is 5.75 Å². The Balaban J connectivity index is 3.09. The van der Waals surface area contributed by atoms with Gasteiger partial charge in [-0.1, -0.05) is 34.4 Å². The molecule has 0 fully saturated rings. The van der Waals surface area contributed by atoms with Crippen molar-refractivity contribution in [3.63, 3.8) is 0 Å². The molecule has 0 aliphatic heterocycles. The number of benzene rings is 1. The second-order valence-corrected chi connectivity index (χ2v) is 3.87. The van der Waals surface area contributed by atoms with Gasteiger partial charge in [-0.05, 0) is 24.6 Å². The molecule has 2 N–H and O–H groups in total. The quantitative estimate of drug-likeness (QED) is 0.497. The van der Waals surface area contributed by atoms with Crippen LogP contribution in [0.15, 0.2) is 27.8 Å². The molecule has 1 aromatic rings. The number of hydrogen-bond acceptors (Lipinski definition) is 3. The molecule has 76 valence electrons. The average molecular weight is 258 g/mol. The molecule has 0 saturated heterocycles. The minimum atomic E-state index is 0.134. The average Bonchev–Trinajstić information content (AvgIpc) is 2.18. The molecule has 0 atom stereocenters. The molecule has 0 saturated carbocycles. The van der Waals surface area contributed by atoms with Crippen LogP contribution in [0.1, 0.15) is 25.3 Å². The Labute approximate surface area is 91.2 Å². The monoisotopic (exact) mass is 257 g/mol. The second kappa shape index (κ2) is 5.00. The first-order valence-corrected chi connectivity index (χ1v) is 5.18. The third kappa shape index (κ3) is 2.48. The van der Waals surface area contributed by atoms with Crippen LogP contribution < -0.4 is 0 Å². The normalized spacial score (nSPS) is 11.7. The predicted octanol–water partition coefficient (Wildman–Crippen LogP) is 3.13. The van der Waals surface area contributed by atoms with Crippen LogP contribution >= 0.6 is 15.9 Å². The Bertz CT molecular complexity index is 350. The van der Waals surface area contributed by atoms with Gasteiger partial charge in [0, 0.05) is 10.0 Å². The van der Waals surface area contributed by atoms with Crippen molar-refractivity contribution in [1.82, 2.24) is 0 Å². The molecule has 0 heterocycles. The van der Waals surface area contributed by atoms with Crippen molar-refractivity contribution in [2.75, 3.05) is 0 Å². The molecule has 0 unspecified atom stereocenters. The molecule has 0 spiro atoms. The number of aromatic hydroxyl groups is 1. The van der Waals surface area contributed by atoms with Crippen LogP contribution in [-0.2, 0) is 0 Å². The van der Waals surface area contributed by atoms with E-state index in [-0.39, 0.29) is 5.75 Å². The molecule has 0 radical (unpaired) electrons. The Morgan fingerprint density at radius 2 is 2.21 bits per heavy atom. The van der Waals surface area contributed by atoms with Crippen LogP contribution in [0, 0.1) is 0 Å². The Hall–Kier alpha value is -1.03. The van der Waals surface area contributed by atoms with E-state index >= 15 is 0 Å². The molecular weight excluding hydrogens is 246 g/mol. The summed E-state index contributed by atoms with van der Waals surface area (Å²) >= 11 is 3.30. The summed E-state index contributed by atoms with van der Waals surface area (Å²) in [6.45, 7) is 1.99. The van der Waals surface area contributed by atoms with Gasteiger partial charge in [0.25, 0.3) is 0 Å². The van der Waals surface area contributed by atoms with Gasteiger partial charge in [-0.25, -0.2) is 0 Å². The third-order valence-corrected chi connectivity index (χ3v) is 2.37. The van der Waals surface area contributed by atoms with E-state index in [9.17, 15) is 5.11 Å². The summed E-state index contributed by atoms with van der Waals surface area (Å²) < 4.78 is 0.850. The topological polar surface area (TPSA) is 52.8 Å². The fourth-order valence-electron chi connectivity index (χ4n) is 1.21. The highest BCUT2D eigenvalue weighted by Gasteiger charge is 2.09. The first-order chi connectivity index (χ1) is 6.69. The maximum absolute atomic E-state index is 9.55. The molecule has 1 rings (SSSR count). The molecular formula is C10H12BrNO2. The SMILES string of the molecule is CCC/C(=N/O)c1cc(Br)ccc1O. The number of phenolic OH excluding ortho intramolecular Hbond substituents is 1. The number of nitrogens with zero attached hydrogens (tertiary/aromatic N) is 1. The zero-order valence-corrected chi connectivity index (χ0v) is 9.45. The summed E-state index contributed by atoms with van der Waals surface area (Å²) in [7, 11) is 0. The van der Waals surface area contributed by atoms with Gasteiger partial charge in [0.15, 0.2) is 0 Å². The molecule has 0 aromatic heterocycles. The van der Waals surface area contributed by atoms with Gasteiger partial charge in [-0.3, -0.25) is 0 Å². The smallest absolute Gasteiger partial charge is 0.124 e. The zero-order valence-electron chi connectivity index (χ0n) is 7.87. The van der Waals surface area contributed by atoms with Crippen molar-refractivity contribution in [2.45, 2.75) is 19.8 Å². The Kier molecular flexibility index (Phi) is 3.95.